The Hall–Kier alpha value is -2.12. The summed E-state index contributed by atoms with van der Waals surface area (Å²) in [7, 11) is 0. The number of nitrogens with two attached hydrogens (primary N) is 1. The van der Waals surface area contributed by atoms with Gasteiger partial charge >= 0.3 is 0 Å². The summed E-state index contributed by atoms with van der Waals surface area (Å²) in [4.78, 5) is 4.28. The van der Waals surface area contributed by atoms with Gasteiger partial charge in [0.2, 0.25) is 0 Å². The van der Waals surface area contributed by atoms with Crippen molar-refractivity contribution in [2.75, 3.05) is 6.54 Å². The molecule has 1 unspecified atom stereocenters. The Balaban J connectivity index is 2.49. The first-order chi connectivity index (χ1) is 8.63. The molecule has 2 rings (SSSR count). The highest BCUT2D eigenvalue weighted by molar-refractivity contribution is 5.84. The molecule has 0 radical (unpaired) electrons. The molecule has 92 valence electrons. The van der Waals surface area contributed by atoms with Gasteiger partial charge in [-0.25, -0.2) is 4.39 Å². The van der Waals surface area contributed by atoms with Gasteiger partial charge in [0.15, 0.2) is 0 Å². The number of fused-ring (bicyclic) bond motifs is 1. The van der Waals surface area contributed by atoms with Crippen molar-refractivity contribution in [1.29, 1.82) is 0 Å². The molecule has 0 amide bonds. The van der Waals surface area contributed by atoms with Crippen LogP contribution in [0.3, 0.4) is 0 Å². The highest BCUT2D eigenvalue weighted by Crippen LogP contribution is 2.24. The molecule has 0 aliphatic heterocycles. The van der Waals surface area contributed by atoms with Crippen LogP contribution in [0.15, 0.2) is 24.4 Å². The molecule has 0 saturated heterocycles. The van der Waals surface area contributed by atoms with Crippen molar-refractivity contribution in [3.63, 3.8) is 0 Å². The third-order valence-corrected chi connectivity index (χ3v) is 2.56. The minimum absolute atomic E-state index is 0.181. The van der Waals surface area contributed by atoms with E-state index < -0.39 is 6.36 Å². The number of terminal acetylenes is 1. The van der Waals surface area contributed by atoms with Gasteiger partial charge in [0.05, 0.1) is 12.1 Å². The van der Waals surface area contributed by atoms with Gasteiger partial charge in [-0.3, -0.25) is 4.98 Å². The lowest BCUT2D eigenvalue weighted by molar-refractivity contribution is 0.0760. The van der Waals surface area contributed by atoms with Crippen LogP contribution in [0.1, 0.15) is 11.1 Å². The monoisotopic (exact) mass is 244 g/mol. The molecule has 0 saturated carbocycles. The van der Waals surface area contributed by atoms with Gasteiger partial charge in [-0.1, -0.05) is 5.92 Å². The molecule has 4 heteroatoms. The molecular formula is C14H13FN2O. The second-order valence-electron chi connectivity index (χ2n) is 3.94. The predicted octanol–water partition coefficient (Wildman–Crippen LogP) is 2.16. The fourth-order valence-corrected chi connectivity index (χ4v) is 1.74. The second-order valence-corrected chi connectivity index (χ2v) is 3.94. The predicted molar refractivity (Wildman–Crippen MR) is 69.0 cm³/mol. The smallest absolute Gasteiger partial charge is 0.250 e. The quantitative estimate of drug-likeness (QED) is 0.842. The van der Waals surface area contributed by atoms with Crippen LogP contribution in [-0.4, -0.2) is 17.9 Å². The number of aryl methyl sites for hydroxylation is 1. The van der Waals surface area contributed by atoms with Gasteiger partial charge in [-0.05, 0) is 30.7 Å². The number of nitrogens with zero attached hydrogens (tertiary/aromatic N) is 1. The number of ether oxygens (including phenoxy) is 1. The number of hydrogen-bond acceptors (Lipinski definition) is 3. The summed E-state index contributed by atoms with van der Waals surface area (Å²) in [6, 6.07) is 5.25. The molecule has 0 aliphatic carbocycles. The van der Waals surface area contributed by atoms with Crippen LogP contribution in [0.5, 0.6) is 5.75 Å². The van der Waals surface area contributed by atoms with Crippen LogP contribution >= 0.6 is 0 Å². The SMILES string of the molecule is C#Cc1cnc2c(C)cc(OC(F)CN)cc2c1. The van der Waals surface area contributed by atoms with Crippen molar-refractivity contribution in [2.45, 2.75) is 13.3 Å². The number of hydrogen-bond donors (Lipinski definition) is 1. The molecule has 1 atom stereocenters. The lowest BCUT2D eigenvalue weighted by Gasteiger charge is -2.11. The summed E-state index contributed by atoms with van der Waals surface area (Å²) in [6.07, 6.45) is 5.45. The van der Waals surface area contributed by atoms with Crippen LogP contribution in [0, 0.1) is 19.3 Å². The van der Waals surface area contributed by atoms with Gasteiger partial charge in [-0.2, -0.15) is 0 Å². The Kier molecular flexibility index (Phi) is 3.45. The molecular weight excluding hydrogens is 231 g/mol. The number of halogens is 1. The average molecular weight is 244 g/mol. The summed E-state index contributed by atoms with van der Waals surface area (Å²) < 4.78 is 18.2. The average Bonchev–Trinajstić information content (AvgIpc) is 2.37. The largest absolute Gasteiger partial charge is 0.459 e. The summed E-state index contributed by atoms with van der Waals surface area (Å²) in [5.74, 6) is 2.94. The molecule has 0 fully saturated rings. The zero-order chi connectivity index (χ0) is 13.1. The van der Waals surface area contributed by atoms with Gasteiger partial charge < -0.3 is 10.5 Å². The summed E-state index contributed by atoms with van der Waals surface area (Å²) in [6.45, 7) is 1.70. The Labute approximate surface area is 105 Å². The molecule has 2 N–H and O–H groups in total. The molecule has 1 heterocycles. The maximum atomic E-state index is 13.1. The lowest BCUT2D eigenvalue weighted by atomic mass is 10.1. The van der Waals surface area contributed by atoms with E-state index >= 15 is 0 Å². The van der Waals surface area contributed by atoms with Gasteiger partial charge in [0.25, 0.3) is 6.36 Å². The molecule has 0 aliphatic rings. The molecule has 0 bridgehead atoms. The van der Waals surface area contributed by atoms with Crippen molar-refractivity contribution < 1.29 is 9.13 Å². The lowest BCUT2D eigenvalue weighted by Crippen LogP contribution is -2.21. The molecule has 2 aromatic rings. The Morgan fingerprint density at radius 2 is 2.28 bits per heavy atom. The topological polar surface area (TPSA) is 48.1 Å². The first kappa shape index (κ1) is 12.3. The summed E-state index contributed by atoms with van der Waals surface area (Å²) in [5, 5.41) is 0.824. The fraction of sp³-hybridized carbons (Fsp3) is 0.214. The molecule has 1 aromatic heterocycles. The molecule has 0 spiro atoms. The van der Waals surface area contributed by atoms with Crippen molar-refractivity contribution in [3.05, 3.63) is 35.5 Å². The zero-order valence-electron chi connectivity index (χ0n) is 9.98. The highest BCUT2D eigenvalue weighted by Gasteiger charge is 2.08. The molecule has 18 heavy (non-hydrogen) atoms. The standard InChI is InChI=1S/C14H13FN2O/c1-3-10-5-11-6-12(18-13(15)7-16)4-9(2)14(11)17-8-10/h1,4-6,8,13H,7,16H2,2H3. The van der Waals surface area contributed by atoms with Gasteiger partial charge in [0, 0.05) is 17.1 Å². The molecule has 3 nitrogen and oxygen atoms in total. The fourth-order valence-electron chi connectivity index (χ4n) is 1.74. The second kappa shape index (κ2) is 5.03. The van der Waals surface area contributed by atoms with Crippen LogP contribution < -0.4 is 10.5 Å². The zero-order valence-corrected chi connectivity index (χ0v) is 9.98. The highest BCUT2D eigenvalue weighted by atomic mass is 19.1. The minimum Gasteiger partial charge on any atom is -0.459 e. The van der Waals surface area contributed by atoms with E-state index in [2.05, 4.69) is 10.9 Å². The van der Waals surface area contributed by atoms with E-state index in [1.165, 1.54) is 0 Å². The maximum Gasteiger partial charge on any atom is 0.250 e. The maximum absolute atomic E-state index is 13.1. The van der Waals surface area contributed by atoms with Crippen molar-refractivity contribution >= 4 is 10.9 Å². The first-order valence-electron chi connectivity index (χ1n) is 5.52. The summed E-state index contributed by atoms with van der Waals surface area (Å²) >= 11 is 0. The van der Waals surface area contributed by atoms with E-state index in [1.807, 2.05) is 13.0 Å². The van der Waals surface area contributed by atoms with E-state index in [9.17, 15) is 4.39 Å². The Morgan fingerprint density at radius 3 is 2.94 bits per heavy atom. The van der Waals surface area contributed by atoms with Crippen molar-refractivity contribution in [1.82, 2.24) is 4.98 Å². The summed E-state index contributed by atoms with van der Waals surface area (Å²) in [5.41, 5.74) is 7.57. The van der Waals surface area contributed by atoms with Gasteiger partial charge in [0.1, 0.15) is 5.75 Å². The van der Waals surface area contributed by atoms with Crippen LogP contribution in [0.25, 0.3) is 10.9 Å². The molecule has 1 aromatic carbocycles. The van der Waals surface area contributed by atoms with Crippen molar-refractivity contribution in [3.8, 4) is 18.1 Å². The normalized spacial score (nSPS) is 12.1. The Bertz CT molecular complexity index is 619. The van der Waals surface area contributed by atoms with Crippen LogP contribution in [0.2, 0.25) is 0 Å². The number of pyridine rings is 1. The number of aromatic nitrogens is 1. The van der Waals surface area contributed by atoms with Crippen LogP contribution in [-0.2, 0) is 0 Å². The number of alkyl halides is 1. The van der Waals surface area contributed by atoms with E-state index in [-0.39, 0.29) is 6.54 Å². The number of benzene rings is 1. The van der Waals surface area contributed by atoms with E-state index in [0.29, 0.717) is 11.3 Å². The van der Waals surface area contributed by atoms with Gasteiger partial charge in [-0.15, -0.1) is 6.42 Å². The third kappa shape index (κ3) is 2.41. The first-order valence-corrected chi connectivity index (χ1v) is 5.52. The van der Waals surface area contributed by atoms with Crippen molar-refractivity contribution in [2.24, 2.45) is 5.73 Å². The minimum atomic E-state index is -1.51. The Morgan fingerprint density at radius 1 is 1.50 bits per heavy atom. The number of rotatable bonds is 3. The third-order valence-electron chi connectivity index (χ3n) is 2.56. The van der Waals surface area contributed by atoms with E-state index in [4.69, 9.17) is 16.9 Å². The van der Waals surface area contributed by atoms with Crippen LogP contribution in [0.4, 0.5) is 4.39 Å². The van der Waals surface area contributed by atoms with E-state index in [0.717, 1.165) is 16.5 Å². The van der Waals surface area contributed by atoms with E-state index in [1.54, 1.807) is 18.3 Å².